The van der Waals surface area contributed by atoms with Gasteiger partial charge in [0.25, 0.3) is 0 Å². The molecule has 0 aromatic heterocycles. The zero-order chi connectivity index (χ0) is 16.3. The molecule has 0 aromatic carbocycles. The van der Waals surface area contributed by atoms with Gasteiger partial charge >= 0.3 is 5.97 Å². The molecule has 7 nitrogen and oxygen atoms in total. The van der Waals surface area contributed by atoms with Crippen LogP contribution in [0.1, 0.15) is 32.6 Å². The smallest absolute Gasteiger partial charge is 0.330 e. The highest BCUT2D eigenvalue weighted by Crippen LogP contribution is 2.29. The minimum Gasteiger partial charge on any atom is -0.467 e. The lowest BCUT2D eigenvalue weighted by Gasteiger charge is -2.42. The van der Waals surface area contributed by atoms with E-state index in [0.29, 0.717) is 31.6 Å². The van der Waals surface area contributed by atoms with Crippen LogP contribution >= 0.6 is 11.8 Å². The summed E-state index contributed by atoms with van der Waals surface area (Å²) in [5, 5.41) is 2.59. The maximum Gasteiger partial charge on any atom is 0.330 e. The van der Waals surface area contributed by atoms with E-state index in [4.69, 9.17) is 4.74 Å². The van der Waals surface area contributed by atoms with Crippen molar-refractivity contribution in [3.63, 3.8) is 0 Å². The Morgan fingerprint density at radius 2 is 2.05 bits per heavy atom. The number of fused-ring (bicyclic) bond motifs is 1. The summed E-state index contributed by atoms with van der Waals surface area (Å²) in [5.41, 5.74) is 0. The first kappa shape index (κ1) is 16.8. The third kappa shape index (κ3) is 3.43. The molecule has 0 saturated carbocycles. The van der Waals surface area contributed by atoms with Gasteiger partial charge in [-0.25, -0.2) is 9.80 Å². The standard InChI is InChI=1S/C14H20N2O5S/c1-9(17)22-8-10-5-6-12(18)15-7-3-4-11(14(20)21-2)16(15)13(10)19/h10-11H,3-8H2,1-2H3/t10-,11-/m0/s1. The SMILES string of the molecule is COC(=O)[C@@H]1CCCN2C(=O)CC[C@@H](CSC(C)=O)C(=O)N12. The summed E-state index contributed by atoms with van der Waals surface area (Å²) in [4.78, 5) is 48.1. The Morgan fingerprint density at radius 1 is 1.32 bits per heavy atom. The summed E-state index contributed by atoms with van der Waals surface area (Å²) < 4.78 is 4.77. The molecule has 2 saturated heterocycles. The van der Waals surface area contributed by atoms with Gasteiger partial charge < -0.3 is 4.74 Å². The average Bonchev–Trinajstić information content (AvgIpc) is 2.63. The van der Waals surface area contributed by atoms with Gasteiger partial charge in [0.05, 0.1) is 7.11 Å². The number of rotatable bonds is 3. The highest BCUT2D eigenvalue weighted by atomic mass is 32.2. The highest BCUT2D eigenvalue weighted by Gasteiger charge is 2.44. The molecule has 2 aliphatic heterocycles. The molecular formula is C14H20N2O5S. The van der Waals surface area contributed by atoms with Crippen LogP contribution in [0.5, 0.6) is 0 Å². The van der Waals surface area contributed by atoms with E-state index in [1.807, 2.05) is 0 Å². The molecule has 2 rings (SSSR count). The second-order valence-electron chi connectivity index (χ2n) is 5.42. The molecule has 0 radical (unpaired) electrons. The van der Waals surface area contributed by atoms with Gasteiger partial charge in [0.2, 0.25) is 11.8 Å². The Balaban J connectivity index is 2.25. The summed E-state index contributed by atoms with van der Waals surface area (Å²) in [6.45, 7) is 1.88. The minimum absolute atomic E-state index is 0.0663. The number of nitrogens with zero attached hydrogens (tertiary/aromatic N) is 2. The Morgan fingerprint density at radius 3 is 2.68 bits per heavy atom. The van der Waals surface area contributed by atoms with Crippen molar-refractivity contribution in [1.29, 1.82) is 0 Å². The van der Waals surface area contributed by atoms with E-state index in [9.17, 15) is 19.2 Å². The zero-order valence-corrected chi connectivity index (χ0v) is 13.6. The van der Waals surface area contributed by atoms with Crippen LogP contribution in [0.2, 0.25) is 0 Å². The molecule has 0 spiro atoms. The number of esters is 1. The van der Waals surface area contributed by atoms with Crippen LogP contribution in [0.15, 0.2) is 0 Å². The predicted molar refractivity (Wildman–Crippen MR) is 79.5 cm³/mol. The van der Waals surface area contributed by atoms with E-state index in [1.165, 1.54) is 24.1 Å². The van der Waals surface area contributed by atoms with E-state index in [1.54, 1.807) is 0 Å². The van der Waals surface area contributed by atoms with Gasteiger partial charge in [0, 0.05) is 31.6 Å². The molecule has 0 N–H and O–H groups in total. The lowest BCUT2D eigenvalue weighted by atomic mass is 10.0. The average molecular weight is 328 g/mol. The molecule has 2 aliphatic rings. The van der Waals surface area contributed by atoms with Crippen molar-refractivity contribution >= 4 is 34.7 Å². The summed E-state index contributed by atoms with van der Waals surface area (Å²) >= 11 is 1.07. The van der Waals surface area contributed by atoms with E-state index < -0.39 is 17.9 Å². The molecule has 2 fully saturated rings. The maximum atomic E-state index is 12.8. The molecule has 22 heavy (non-hydrogen) atoms. The molecule has 0 unspecified atom stereocenters. The second kappa shape index (κ2) is 7.13. The number of hydrazine groups is 1. The van der Waals surface area contributed by atoms with Gasteiger partial charge in [0.15, 0.2) is 11.2 Å². The fourth-order valence-corrected chi connectivity index (χ4v) is 3.56. The van der Waals surface area contributed by atoms with Gasteiger partial charge in [-0.2, -0.15) is 0 Å². The molecular weight excluding hydrogens is 308 g/mol. The van der Waals surface area contributed by atoms with Gasteiger partial charge in [-0.05, 0) is 19.3 Å². The Labute approximate surface area is 133 Å². The summed E-state index contributed by atoms with van der Waals surface area (Å²) in [6, 6.07) is -0.752. The number of methoxy groups -OCH3 is 1. The van der Waals surface area contributed by atoms with Crippen LogP contribution < -0.4 is 0 Å². The second-order valence-corrected chi connectivity index (χ2v) is 6.62. The van der Waals surface area contributed by atoms with Crippen LogP contribution in [-0.2, 0) is 23.9 Å². The molecule has 0 aliphatic carbocycles. The van der Waals surface area contributed by atoms with Crippen molar-refractivity contribution < 1.29 is 23.9 Å². The number of amides is 2. The lowest BCUT2D eigenvalue weighted by Crippen LogP contribution is -2.60. The fourth-order valence-electron chi connectivity index (χ4n) is 2.81. The monoisotopic (exact) mass is 328 g/mol. The first-order valence-corrected chi connectivity index (χ1v) is 8.28. The van der Waals surface area contributed by atoms with Crippen LogP contribution in [0.25, 0.3) is 0 Å². The largest absolute Gasteiger partial charge is 0.467 e. The minimum atomic E-state index is -0.752. The first-order valence-electron chi connectivity index (χ1n) is 7.30. The Kier molecular flexibility index (Phi) is 5.44. The van der Waals surface area contributed by atoms with E-state index >= 15 is 0 Å². The molecule has 8 heteroatoms. The van der Waals surface area contributed by atoms with Crippen LogP contribution in [0, 0.1) is 5.92 Å². The topological polar surface area (TPSA) is 84.0 Å². The summed E-state index contributed by atoms with van der Waals surface area (Å²) in [6.07, 6.45) is 1.79. The van der Waals surface area contributed by atoms with E-state index in [2.05, 4.69) is 0 Å². The van der Waals surface area contributed by atoms with Gasteiger partial charge in [-0.1, -0.05) is 11.8 Å². The molecule has 2 amide bonds. The Hall–Kier alpha value is -1.57. The number of hydrogen-bond acceptors (Lipinski definition) is 6. The molecule has 0 aromatic rings. The predicted octanol–water partition coefficient (Wildman–Crippen LogP) is 0.584. The molecule has 2 heterocycles. The van der Waals surface area contributed by atoms with Crippen molar-refractivity contribution in [1.82, 2.24) is 10.0 Å². The molecule has 0 bridgehead atoms. The zero-order valence-electron chi connectivity index (χ0n) is 12.7. The van der Waals surface area contributed by atoms with Crippen LogP contribution in [-0.4, -0.2) is 58.4 Å². The fraction of sp³-hybridized carbons (Fsp3) is 0.714. The summed E-state index contributed by atoms with van der Waals surface area (Å²) in [7, 11) is 1.27. The number of hydrogen-bond donors (Lipinski definition) is 0. The molecule has 2 atom stereocenters. The van der Waals surface area contributed by atoms with E-state index in [-0.39, 0.29) is 23.4 Å². The van der Waals surface area contributed by atoms with Gasteiger partial charge in [0.1, 0.15) is 0 Å². The first-order chi connectivity index (χ1) is 10.5. The third-order valence-electron chi connectivity index (χ3n) is 3.93. The van der Waals surface area contributed by atoms with Crippen molar-refractivity contribution in [3.05, 3.63) is 0 Å². The van der Waals surface area contributed by atoms with Crippen LogP contribution in [0.3, 0.4) is 0 Å². The van der Waals surface area contributed by atoms with Crippen molar-refractivity contribution in [2.75, 3.05) is 19.4 Å². The number of carbonyl (C=O) groups is 4. The maximum absolute atomic E-state index is 12.8. The third-order valence-corrected chi connectivity index (χ3v) is 4.91. The Bertz CT molecular complexity index is 496. The number of carbonyl (C=O) groups excluding carboxylic acids is 4. The number of ether oxygens (including phenoxy) is 1. The van der Waals surface area contributed by atoms with Gasteiger partial charge in [-0.3, -0.25) is 19.4 Å². The van der Waals surface area contributed by atoms with Crippen molar-refractivity contribution in [2.24, 2.45) is 5.92 Å². The number of thioether (sulfide) groups is 1. The van der Waals surface area contributed by atoms with Gasteiger partial charge in [-0.15, -0.1) is 0 Å². The quantitative estimate of drug-likeness (QED) is 0.705. The van der Waals surface area contributed by atoms with E-state index in [0.717, 1.165) is 11.8 Å². The summed E-state index contributed by atoms with van der Waals surface area (Å²) in [5.74, 6) is -1.04. The highest BCUT2D eigenvalue weighted by molar-refractivity contribution is 8.13. The van der Waals surface area contributed by atoms with Crippen molar-refractivity contribution in [3.8, 4) is 0 Å². The lowest BCUT2D eigenvalue weighted by molar-refractivity contribution is -0.182. The van der Waals surface area contributed by atoms with Crippen molar-refractivity contribution in [2.45, 2.75) is 38.6 Å². The normalized spacial score (nSPS) is 25.5. The molecule has 122 valence electrons. The van der Waals surface area contributed by atoms with Crippen LogP contribution in [0.4, 0.5) is 0 Å².